The zero-order valence-corrected chi connectivity index (χ0v) is 13.0. The first-order valence-electron chi connectivity index (χ1n) is 7.36. The van der Waals surface area contributed by atoms with Gasteiger partial charge in [-0.05, 0) is 36.8 Å². The van der Waals surface area contributed by atoms with E-state index in [0.717, 1.165) is 16.9 Å². The summed E-state index contributed by atoms with van der Waals surface area (Å²) in [5.41, 5.74) is 3.01. The molecule has 0 saturated carbocycles. The Morgan fingerprint density at radius 3 is 2.96 bits per heavy atom. The standard InChI is InChI=1S/C17H16FN5O/c1-12-16(23-6-5-19-11-23)7-13(9-20-12)10-21-17(24)22-15-4-2-3-14(18)8-15/h2-9,11H,10H2,1H3,(H2,21,22,24). The van der Waals surface area contributed by atoms with E-state index in [4.69, 9.17) is 0 Å². The van der Waals surface area contributed by atoms with E-state index in [-0.39, 0.29) is 0 Å². The van der Waals surface area contributed by atoms with Crippen molar-refractivity contribution in [3.8, 4) is 5.69 Å². The average molecular weight is 325 g/mol. The van der Waals surface area contributed by atoms with E-state index in [1.54, 1.807) is 24.8 Å². The van der Waals surface area contributed by atoms with Crippen molar-refractivity contribution in [3.63, 3.8) is 0 Å². The summed E-state index contributed by atoms with van der Waals surface area (Å²) in [4.78, 5) is 20.3. The molecule has 2 amide bonds. The summed E-state index contributed by atoms with van der Waals surface area (Å²) in [7, 11) is 0. The minimum Gasteiger partial charge on any atom is -0.334 e. The maximum absolute atomic E-state index is 13.1. The van der Waals surface area contributed by atoms with E-state index in [1.807, 2.05) is 23.8 Å². The third-order valence-corrected chi connectivity index (χ3v) is 3.43. The summed E-state index contributed by atoms with van der Waals surface area (Å²) >= 11 is 0. The molecule has 2 heterocycles. The molecule has 122 valence electrons. The van der Waals surface area contributed by atoms with Crippen LogP contribution < -0.4 is 10.6 Å². The molecule has 0 fully saturated rings. The highest BCUT2D eigenvalue weighted by Gasteiger charge is 2.06. The predicted octanol–water partition coefficient (Wildman–Crippen LogP) is 3.04. The van der Waals surface area contributed by atoms with Crippen LogP contribution in [0.4, 0.5) is 14.9 Å². The van der Waals surface area contributed by atoms with E-state index >= 15 is 0 Å². The largest absolute Gasteiger partial charge is 0.334 e. The number of imidazole rings is 1. The van der Waals surface area contributed by atoms with E-state index < -0.39 is 11.8 Å². The molecule has 24 heavy (non-hydrogen) atoms. The number of aryl methyl sites for hydroxylation is 1. The van der Waals surface area contributed by atoms with Crippen molar-refractivity contribution < 1.29 is 9.18 Å². The predicted molar refractivity (Wildman–Crippen MR) is 88.4 cm³/mol. The Morgan fingerprint density at radius 1 is 1.33 bits per heavy atom. The first kappa shape index (κ1) is 15.7. The summed E-state index contributed by atoms with van der Waals surface area (Å²) in [6.45, 7) is 2.21. The van der Waals surface area contributed by atoms with Gasteiger partial charge in [0.2, 0.25) is 0 Å². The summed E-state index contributed by atoms with van der Waals surface area (Å²) in [5.74, 6) is -0.402. The number of carbonyl (C=O) groups is 1. The van der Waals surface area contributed by atoms with Crippen LogP contribution in [0.25, 0.3) is 5.69 Å². The van der Waals surface area contributed by atoms with Gasteiger partial charge in [0.05, 0.1) is 17.7 Å². The van der Waals surface area contributed by atoms with Gasteiger partial charge in [0.25, 0.3) is 0 Å². The lowest BCUT2D eigenvalue weighted by molar-refractivity contribution is 0.251. The Hall–Kier alpha value is -3.22. The van der Waals surface area contributed by atoms with Gasteiger partial charge in [0, 0.05) is 30.8 Å². The van der Waals surface area contributed by atoms with Gasteiger partial charge < -0.3 is 15.2 Å². The van der Waals surface area contributed by atoms with Gasteiger partial charge in [-0.25, -0.2) is 14.2 Å². The average Bonchev–Trinajstić information content (AvgIpc) is 3.08. The van der Waals surface area contributed by atoms with E-state index in [9.17, 15) is 9.18 Å². The van der Waals surface area contributed by atoms with Crippen LogP contribution in [0.1, 0.15) is 11.3 Å². The van der Waals surface area contributed by atoms with Crippen molar-refractivity contribution in [3.05, 3.63) is 72.3 Å². The van der Waals surface area contributed by atoms with Gasteiger partial charge >= 0.3 is 6.03 Å². The molecule has 0 aliphatic heterocycles. The molecule has 1 aromatic carbocycles. The Balaban J connectivity index is 1.64. The fraction of sp³-hybridized carbons (Fsp3) is 0.118. The number of carbonyl (C=O) groups excluding carboxylic acids is 1. The topological polar surface area (TPSA) is 71.8 Å². The molecule has 7 heteroatoms. The number of amides is 2. The van der Waals surface area contributed by atoms with Crippen molar-refractivity contribution in [1.82, 2.24) is 19.9 Å². The number of nitrogens with one attached hydrogen (secondary N) is 2. The number of nitrogens with zero attached hydrogens (tertiary/aromatic N) is 3. The molecular formula is C17H16FN5O. The number of hydrogen-bond acceptors (Lipinski definition) is 3. The van der Waals surface area contributed by atoms with Crippen molar-refractivity contribution in [2.75, 3.05) is 5.32 Å². The zero-order valence-electron chi connectivity index (χ0n) is 13.0. The van der Waals surface area contributed by atoms with Gasteiger partial charge in [-0.15, -0.1) is 0 Å². The maximum atomic E-state index is 13.1. The summed E-state index contributed by atoms with van der Waals surface area (Å²) in [6, 6.07) is 7.25. The van der Waals surface area contributed by atoms with Gasteiger partial charge in [-0.2, -0.15) is 0 Å². The number of anilines is 1. The lowest BCUT2D eigenvalue weighted by atomic mass is 10.2. The van der Waals surface area contributed by atoms with Crippen molar-refractivity contribution in [1.29, 1.82) is 0 Å². The molecule has 6 nitrogen and oxygen atoms in total. The Labute approximate surface area is 138 Å². The Kier molecular flexibility index (Phi) is 4.51. The van der Waals surface area contributed by atoms with Gasteiger partial charge in [0.1, 0.15) is 5.82 Å². The molecule has 0 aliphatic rings. The Bertz CT molecular complexity index is 848. The molecule has 0 saturated heterocycles. The number of hydrogen-bond donors (Lipinski definition) is 2. The molecule has 0 aliphatic carbocycles. The second-order valence-electron chi connectivity index (χ2n) is 5.24. The molecule has 3 aromatic rings. The van der Waals surface area contributed by atoms with Crippen LogP contribution in [0, 0.1) is 12.7 Å². The van der Waals surface area contributed by atoms with Gasteiger partial charge in [0.15, 0.2) is 0 Å². The number of benzene rings is 1. The molecule has 0 radical (unpaired) electrons. The smallest absolute Gasteiger partial charge is 0.319 e. The SMILES string of the molecule is Cc1ncc(CNC(=O)Nc2cccc(F)c2)cc1-n1ccnc1. The molecule has 0 unspecified atom stereocenters. The fourth-order valence-corrected chi connectivity index (χ4v) is 2.25. The summed E-state index contributed by atoms with van der Waals surface area (Å²) in [6.07, 6.45) is 6.92. The minimum atomic E-state index is -0.412. The van der Waals surface area contributed by atoms with E-state index in [1.165, 1.54) is 18.2 Å². The number of pyridine rings is 1. The highest BCUT2D eigenvalue weighted by atomic mass is 19.1. The Morgan fingerprint density at radius 2 is 2.21 bits per heavy atom. The molecule has 0 bridgehead atoms. The normalized spacial score (nSPS) is 10.4. The van der Waals surface area contributed by atoms with Crippen LogP contribution >= 0.6 is 0 Å². The van der Waals surface area contributed by atoms with Crippen LogP contribution in [0.5, 0.6) is 0 Å². The summed E-state index contributed by atoms with van der Waals surface area (Å²) < 4.78 is 15.0. The summed E-state index contributed by atoms with van der Waals surface area (Å²) in [5, 5.41) is 5.30. The number of aromatic nitrogens is 3. The molecule has 2 aromatic heterocycles. The zero-order chi connectivity index (χ0) is 16.9. The molecule has 2 N–H and O–H groups in total. The first-order valence-corrected chi connectivity index (χ1v) is 7.36. The number of halogens is 1. The van der Waals surface area contributed by atoms with E-state index in [2.05, 4.69) is 20.6 Å². The van der Waals surface area contributed by atoms with Gasteiger partial charge in [-0.1, -0.05) is 6.07 Å². The molecule has 3 rings (SSSR count). The van der Waals surface area contributed by atoms with Crippen LogP contribution in [0.3, 0.4) is 0 Å². The number of rotatable bonds is 4. The minimum absolute atomic E-state index is 0.302. The van der Waals surface area contributed by atoms with Crippen molar-refractivity contribution >= 4 is 11.7 Å². The lowest BCUT2D eigenvalue weighted by Crippen LogP contribution is -2.28. The highest BCUT2D eigenvalue weighted by Crippen LogP contribution is 2.13. The van der Waals surface area contributed by atoms with Crippen LogP contribution in [-0.4, -0.2) is 20.6 Å². The molecule has 0 atom stereocenters. The maximum Gasteiger partial charge on any atom is 0.319 e. The van der Waals surface area contributed by atoms with Crippen molar-refractivity contribution in [2.24, 2.45) is 0 Å². The first-order chi connectivity index (χ1) is 11.6. The third kappa shape index (κ3) is 3.75. The monoisotopic (exact) mass is 325 g/mol. The second kappa shape index (κ2) is 6.91. The van der Waals surface area contributed by atoms with Crippen LogP contribution in [0.2, 0.25) is 0 Å². The van der Waals surface area contributed by atoms with Crippen molar-refractivity contribution in [2.45, 2.75) is 13.5 Å². The van der Waals surface area contributed by atoms with Crippen LogP contribution in [-0.2, 0) is 6.54 Å². The molecular weight excluding hydrogens is 309 g/mol. The lowest BCUT2D eigenvalue weighted by Gasteiger charge is -2.10. The number of urea groups is 1. The second-order valence-corrected chi connectivity index (χ2v) is 5.24. The fourth-order valence-electron chi connectivity index (χ4n) is 2.25. The highest BCUT2D eigenvalue weighted by molar-refractivity contribution is 5.89. The quantitative estimate of drug-likeness (QED) is 0.774. The third-order valence-electron chi connectivity index (χ3n) is 3.43. The molecule has 0 spiro atoms. The van der Waals surface area contributed by atoms with Gasteiger partial charge in [-0.3, -0.25) is 4.98 Å². The van der Waals surface area contributed by atoms with E-state index in [0.29, 0.717) is 12.2 Å². The van der Waals surface area contributed by atoms with Crippen LogP contribution in [0.15, 0.2) is 55.2 Å².